The predicted molar refractivity (Wildman–Crippen MR) is 93.5 cm³/mol. The Labute approximate surface area is 147 Å². The number of carbonyl (C=O) groups excluding carboxylic acids is 1. The smallest absolute Gasteiger partial charge is 0.308 e. The molecule has 8 heteroatoms. The molecule has 1 aromatic heterocycles. The van der Waals surface area contributed by atoms with Crippen LogP contribution in [-0.4, -0.2) is 20.7 Å². The minimum absolute atomic E-state index is 0.0174. The zero-order chi connectivity index (χ0) is 18.5. The number of nitro benzene ring substituents is 1. The number of hydrogen-bond donors (Lipinski definition) is 0. The normalized spacial score (nSPS) is 10.6. The van der Waals surface area contributed by atoms with Crippen LogP contribution in [0.1, 0.15) is 12.0 Å². The number of non-ortho nitro benzene ring substituents is 1. The van der Waals surface area contributed by atoms with Crippen LogP contribution in [-0.2, 0) is 22.7 Å². The highest BCUT2D eigenvalue weighted by molar-refractivity contribution is 5.78. The maximum absolute atomic E-state index is 11.9. The molecule has 0 spiro atoms. The number of ether oxygens (including phenoxy) is 1. The van der Waals surface area contributed by atoms with E-state index in [0.29, 0.717) is 16.5 Å². The molecule has 0 amide bonds. The van der Waals surface area contributed by atoms with Gasteiger partial charge in [0.2, 0.25) is 5.43 Å². The van der Waals surface area contributed by atoms with Crippen LogP contribution >= 0.6 is 0 Å². The number of rotatable bonds is 6. The number of fused-ring (bicyclic) bond motifs is 1. The Bertz CT molecular complexity index is 1010. The van der Waals surface area contributed by atoms with Gasteiger partial charge in [-0.15, -0.1) is 0 Å². The van der Waals surface area contributed by atoms with Gasteiger partial charge in [-0.05, 0) is 29.8 Å². The van der Waals surface area contributed by atoms with E-state index in [2.05, 4.69) is 5.10 Å². The predicted octanol–water partition coefficient (Wildman–Crippen LogP) is 2.44. The molecule has 2 aromatic carbocycles. The zero-order valence-corrected chi connectivity index (χ0v) is 13.7. The molecular weight excluding hydrogens is 338 g/mol. The molecule has 0 saturated carbocycles. The van der Waals surface area contributed by atoms with Crippen molar-refractivity contribution in [3.8, 4) is 0 Å². The van der Waals surface area contributed by atoms with Crippen LogP contribution in [0.3, 0.4) is 0 Å². The summed E-state index contributed by atoms with van der Waals surface area (Å²) in [6, 6.07) is 12.9. The standard InChI is InChI=1S/C18H15N3O5/c22-17-11-19-20(16-4-2-1-3-15(16)17)10-9-18(23)26-12-13-5-7-14(8-6-13)21(24)25/h1-8,11H,9-10,12H2. The summed E-state index contributed by atoms with van der Waals surface area (Å²) in [7, 11) is 0. The van der Waals surface area contributed by atoms with Crippen molar-refractivity contribution in [1.29, 1.82) is 0 Å². The van der Waals surface area contributed by atoms with E-state index in [1.54, 1.807) is 41.1 Å². The first-order chi connectivity index (χ1) is 12.5. The number of aryl methyl sites for hydroxylation is 1. The topological polar surface area (TPSA) is 104 Å². The maximum Gasteiger partial charge on any atom is 0.308 e. The Morgan fingerprint density at radius 1 is 1.15 bits per heavy atom. The summed E-state index contributed by atoms with van der Waals surface area (Å²) >= 11 is 0. The Hall–Kier alpha value is -3.55. The maximum atomic E-state index is 11.9. The van der Waals surface area contributed by atoms with E-state index in [4.69, 9.17) is 4.74 Å². The number of carbonyl (C=O) groups is 1. The van der Waals surface area contributed by atoms with Crippen molar-refractivity contribution in [2.75, 3.05) is 0 Å². The monoisotopic (exact) mass is 353 g/mol. The van der Waals surface area contributed by atoms with Crippen molar-refractivity contribution in [2.24, 2.45) is 0 Å². The lowest BCUT2D eigenvalue weighted by atomic mass is 10.2. The highest BCUT2D eigenvalue weighted by Crippen LogP contribution is 2.13. The number of hydrogen-bond acceptors (Lipinski definition) is 6. The molecule has 0 bridgehead atoms. The lowest BCUT2D eigenvalue weighted by Gasteiger charge is -2.09. The first kappa shape index (κ1) is 17.3. The number of benzene rings is 2. The molecule has 0 aliphatic heterocycles. The van der Waals surface area contributed by atoms with Gasteiger partial charge in [0.15, 0.2) is 0 Å². The molecule has 0 fully saturated rings. The lowest BCUT2D eigenvalue weighted by Crippen LogP contribution is -2.15. The third-order valence-corrected chi connectivity index (χ3v) is 3.84. The van der Waals surface area contributed by atoms with Crippen molar-refractivity contribution in [2.45, 2.75) is 19.6 Å². The van der Waals surface area contributed by atoms with Gasteiger partial charge in [-0.1, -0.05) is 12.1 Å². The second-order valence-corrected chi connectivity index (χ2v) is 5.58. The van der Waals surface area contributed by atoms with Crippen LogP contribution in [0.4, 0.5) is 5.69 Å². The fourth-order valence-corrected chi connectivity index (χ4v) is 2.49. The largest absolute Gasteiger partial charge is 0.461 e. The summed E-state index contributed by atoms with van der Waals surface area (Å²) in [5, 5.41) is 15.2. The first-order valence-corrected chi connectivity index (χ1v) is 7.88. The Morgan fingerprint density at radius 2 is 1.88 bits per heavy atom. The van der Waals surface area contributed by atoms with Crippen molar-refractivity contribution in [3.05, 3.63) is 80.6 Å². The Kier molecular flexibility index (Phi) is 5.02. The van der Waals surface area contributed by atoms with Crippen LogP contribution in [0, 0.1) is 10.1 Å². The first-order valence-electron chi connectivity index (χ1n) is 7.88. The number of nitro groups is 1. The molecule has 0 aliphatic carbocycles. The summed E-state index contributed by atoms with van der Waals surface area (Å²) in [4.78, 5) is 33.8. The number of nitrogens with zero attached hydrogens (tertiary/aromatic N) is 3. The van der Waals surface area contributed by atoms with Gasteiger partial charge in [0.1, 0.15) is 6.61 Å². The van der Waals surface area contributed by atoms with Crippen LogP contribution in [0.2, 0.25) is 0 Å². The second-order valence-electron chi connectivity index (χ2n) is 5.58. The van der Waals surface area contributed by atoms with Crippen LogP contribution in [0.25, 0.3) is 10.9 Å². The second kappa shape index (κ2) is 7.56. The van der Waals surface area contributed by atoms with E-state index in [1.165, 1.54) is 18.3 Å². The molecular formula is C18H15N3O5. The highest BCUT2D eigenvalue weighted by atomic mass is 16.6. The Morgan fingerprint density at radius 3 is 2.62 bits per heavy atom. The molecule has 0 radical (unpaired) electrons. The van der Waals surface area contributed by atoms with Gasteiger partial charge in [0.25, 0.3) is 5.69 Å². The highest BCUT2D eigenvalue weighted by Gasteiger charge is 2.09. The van der Waals surface area contributed by atoms with Crippen molar-refractivity contribution in [3.63, 3.8) is 0 Å². The van der Waals surface area contributed by atoms with Gasteiger partial charge >= 0.3 is 5.97 Å². The molecule has 0 unspecified atom stereocenters. The van der Waals surface area contributed by atoms with E-state index in [9.17, 15) is 19.7 Å². The average Bonchev–Trinajstić information content (AvgIpc) is 2.66. The zero-order valence-electron chi connectivity index (χ0n) is 13.7. The molecule has 1 heterocycles. The molecule has 3 aromatic rings. The summed E-state index contributed by atoms with van der Waals surface area (Å²) < 4.78 is 6.76. The van der Waals surface area contributed by atoms with E-state index < -0.39 is 10.9 Å². The van der Waals surface area contributed by atoms with Gasteiger partial charge in [-0.3, -0.25) is 24.4 Å². The van der Waals surface area contributed by atoms with Crippen LogP contribution < -0.4 is 5.43 Å². The number of para-hydroxylation sites is 1. The quantitative estimate of drug-likeness (QED) is 0.383. The van der Waals surface area contributed by atoms with E-state index in [0.717, 1.165) is 0 Å². The van der Waals surface area contributed by atoms with E-state index >= 15 is 0 Å². The van der Waals surface area contributed by atoms with Gasteiger partial charge in [-0.2, -0.15) is 5.10 Å². The van der Waals surface area contributed by atoms with Crippen LogP contribution in [0.5, 0.6) is 0 Å². The van der Waals surface area contributed by atoms with Crippen molar-refractivity contribution < 1.29 is 14.5 Å². The Balaban J connectivity index is 1.59. The minimum atomic E-state index is -0.489. The van der Waals surface area contributed by atoms with Crippen LogP contribution in [0.15, 0.2) is 59.5 Å². The fraction of sp³-hybridized carbons (Fsp3) is 0.167. The number of aromatic nitrogens is 2. The third kappa shape index (κ3) is 3.92. The molecule has 132 valence electrons. The average molecular weight is 353 g/mol. The summed E-state index contributed by atoms with van der Waals surface area (Å²) in [5.41, 5.74) is 1.13. The summed E-state index contributed by atoms with van der Waals surface area (Å²) in [5.74, 6) is -0.423. The molecule has 0 aliphatic rings. The van der Waals surface area contributed by atoms with Gasteiger partial charge in [0, 0.05) is 17.5 Å². The molecule has 0 saturated heterocycles. The van der Waals surface area contributed by atoms with E-state index in [1.807, 2.05) is 0 Å². The summed E-state index contributed by atoms with van der Waals surface area (Å²) in [6.45, 7) is 0.315. The van der Waals surface area contributed by atoms with Gasteiger partial charge in [-0.25, -0.2) is 0 Å². The molecule has 3 rings (SSSR count). The third-order valence-electron chi connectivity index (χ3n) is 3.84. The van der Waals surface area contributed by atoms with Crippen molar-refractivity contribution in [1.82, 2.24) is 9.78 Å². The molecule has 0 atom stereocenters. The lowest BCUT2D eigenvalue weighted by molar-refractivity contribution is -0.384. The summed E-state index contributed by atoms with van der Waals surface area (Å²) in [6.07, 6.45) is 1.32. The van der Waals surface area contributed by atoms with Crippen molar-refractivity contribution >= 4 is 22.6 Å². The molecule has 26 heavy (non-hydrogen) atoms. The SMILES string of the molecule is O=C(CCn1ncc(=O)c2ccccc21)OCc1ccc([N+](=O)[O-])cc1. The fourth-order valence-electron chi connectivity index (χ4n) is 2.49. The molecule has 8 nitrogen and oxygen atoms in total. The van der Waals surface area contributed by atoms with Gasteiger partial charge in [0.05, 0.1) is 29.6 Å². The van der Waals surface area contributed by atoms with Gasteiger partial charge < -0.3 is 4.74 Å². The van der Waals surface area contributed by atoms with E-state index in [-0.39, 0.29) is 30.7 Å². The molecule has 0 N–H and O–H groups in total. The number of esters is 1. The minimum Gasteiger partial charge on any atom is -0.461 e.